The number of carbonyl (C=O) groups excluding carboxylic acids is 2. The fourth-order valence-corrected chi connectivity index (χ4v) is 5.55. The number of carbonyl (C=O) groups is 2. The average Bonchev–Trinajstić information content (AvgIpc) is 3.11. The second kappa shape index (κ2) is 10.9. The molecule has 1 aromatic heterocycles. The van der Waals surface area contributed by atoms with E-state index in [4.69, 9.17) is 4.74 Å². The van der Waals surface area contributed by atoms with E-state index in [1.807, 2.05) is 19.9 Å². The van der Waals surface area contributed by atoms with Crippen molar-refractivity contribution < 1.29 is 14.3 Å². The van der Waals surface area contributed by atoms with Crippen LogP contribution in [0.4, 0.5) is 0 Å². The van der Waals surface area contributed by atoms with E-state index < -0.39 is 11.9 Å². The van der Waals surface area contributed by atoms with Gasteiger partial charge in [0.15, 0.2) is 0 Å². The number of imide groups is 1. The van der Waals surface area contributed by atoms with Gasteiger partial charge in [0.25, 0.3) is 0 Å². The molecular weight excluding hydrogens is 432 g/mol. The molecule has 4 heterocycles. The molecule has 0 spiro atoms. The molecule has 3 aliphatic rings. The Kier molecular flexibility index (Phi) is 7.88. The fraction of sp³-hybridized carbons (Fsp3) is 0.654. The summed E-state index contributed by atoms with van der Waals surface area (Å²) >= 11 is 0. The van der Waals surface area contributed by atoms with Crippen molar-refractivity contribution in [2.75, 3.05) is 26.2 Å². The molecule has 2 unspecified atom stereocenters. The molecule has 8 heteroatoms. The van der Waals surface area contributed by atoms with Crippen LogP contribution in [0.5, 0.6) is 0 Å². The van der Waals surface area contributed by atoms with Gasteiger partial charge >= 0.3 is 5.69 Å². The Bertz CT molecular complexity index is 1070. The molecule has 1 N–H and O–H groups in total. The number of amides is 2. The van der Waals surface area contributed by atoms with Crippen molar-refractivity contribution in [1.82, 2.24) is 19.4 Å². The van der Waals surface area contributed by atoms with Crippen LogP contribution in [-0.4, -0.2) is 58.2 Å². The molecule has 0 radical (unpaired) electrons. The maximum Gasteiger partial charge on any atom is 0.329 e. The standard InChI is InChI=1S/C24H32N4O4.C2H6/c1-26-21-14-17(16-9-11-27(12-10-16)15-18-4-2-3-13-32-18)5-6-19(21)28(24(26)31)20-7-8-22(29)25-23(20)30;1-2/h5-6,14,16,18,20H,2-4,7-13,15H2,1H3,(H,25,29,30);1-2H3. The molecule has 2 aromatic rings. The molecule has 5 rings (SSSR count). The van der Waals surface area contributed by atoms with E-state index in [1.54, 1.807) is 16.2 Å². The van der Waals surface area contributed by atoms with Gasteiger partial charge in [0, 0.05) is 26.6 Å². The van der Waals surface area contributed by atoms with Crippen LogP contribution in [0.2, 0.25) is 0 Å². The van der Waals surface area contributed by atoms with Crippen molar-refractivity contribution in [3.63, 3.8) is 0 Å². The third-order valence-electron chi connectivity index (χ3n) is 7.43. The largest absolute Gasteiger partial charge is 0.377 e. The van der Waals surface area contributed by atoms with Gasteiger partial charge in [-0.05, 0) is 75.2 Å². The van der Waals surface area contributed by atoms with Crippen molar-refractivity contribution in [1.29, 1.82) is 0 Å². The van der Waals surface area contributed by atoms with Crippen molar-refractivity contribution >= 4 is 22.8 Å². The van der Waals surface area contributed by atoms with E-state index >= 15 is 0 Å². The summed E-state index contributed by atoms with van der Waals surface area (Å²) in [6, 6.07) is 5.55. The third-order valence-corrected chi connectivity index (χ3v) is 7.43. The molecule has 0 aliphatic carbocycles. The number of piperidine rings is 2. The average molecular weight is 471 g/mol. The van der Waals surface area contributed by atoms with E-state index in [-0.39, 0.29) is 18.0 Å². The van der Waals surface area contributed by atoms with Gasteiger partial charge in [0.05, 0.1) is 17.1 Å². The minimum atomic E-state index is -0.639. The highest BCUT2D eigenvalue weighted by atomic mass is 16.5. The molecule has 34 heavy (non-hydrogen) atoms. The molecule has 3 aliphatic heterocycles. The minimum Gasteiger partial charge on any atom is -0.377 e. The van der Waals surface area contributed by atoms with Crippen LogP contribution in [0.15, 0.2) is 23.0 Å². The first kappa shape index (κ1) is 24.7. The van der Waals surface area contributed by atoms with E-state index in [1.165, 1.54) is 24.8 Å². The molecule has 2 amide bonds. The van der Waals surface area contributed by atoms with Crippen molar-refractivity contribution in [3.05, 3.63) is 34.2 Å². The Morgan fingerprint density at radius 2 is 1.76 bits per heavy atom. The summed E-state index contributed by atoms with van der Waals surface area (Å²) in [4.78, 5) is 39.4. The number of fused-ring (bicyclic) bond motifs is 1. The Morgan fingerprint density at radius 1 is 1.00 bits per heavy atom. The van der Waals surface area contributed by atoms with Crippen LogP contribution in [-0.2, 0) is 21.4 Å². The maximum atomic E-state index is 13.0. The van der Waals surface area contributed by atoms with Gasteiger partial charge in [-0.15, -0.1) is 0 Å². The Morgan fingerprint density at radius 3 is 2.44 bits per heavy atom. The van der Waals surface area contributed by atoms with Crippen molar-refractivity contribution in [2.24, 2.45) is 7.05 Å². The van der Waals surface area contributed by atoms with Gasteiger partial charge in [-0.1, -0.05) is 19.9 Å². The summed E-state index contributed by atoms with van der Waals surface area (Å²) in [5.41, 5.74) is 2.63. The van der Waals surface area contributed by atoms with E-state index in [2.05, 4.69) is 22.3 Å². The monoisotopic (exact) mass is 470 g/mol. The van der Waals surface area contributed by atoms with Crippen LogP contribution in [0.1, 0.15) is 76.3 Å². The van der Waals surface area contributed by atoms with E-state index in [0.717, 1.165) is 50.1 Å². The second-order valence-corrected chi connectivity index (χ2v) is 9.49. The number of rotatable bonds is 4. The highest BCUT2D eigenvalue weighted by Gasteiger charge is 2.31. The number of hydrogen-bond donors (Lipinski definition) is 1. The Hall–Kier alpha value is -2.45. The lowest BCUT2D eigenvalue weighted by molar-refractivity contribution is -0.135. The van der Waals surface area contributed by atoms with Crippen LogP contribution in [0.3, 0.4) is 0 Å². The molecule has 8 nitrogen and oxygen atoms in total. The first-order valence-corrected chi connectivity index (χ1v) is 12.9. The first-order valence-electron chi connectivity index (χ1n) is 12.9. The molecule has 3 fully saturated rings. The smallest absolute Gasteiger partial charge is 0.329 e. The lowest BCUT2D eigenvalue weighted by atomic mass is 9.89. The molecule has 186 valence electrons. The Balaban J connectivity index is 0.00000133. The molecule has 2 atom stereocenters. The summed E-state index contributed by atoms with van der Waals surface area (Å²) < 4.78 is 9.08. The van der Waals surface area contributed by atoms with Crippen LogP contribution in [0.25, 0.3) is 11.0 Å². The topological polar surface area (TPSA) is 85.6 Å². The SMILES string of the molecule is CC.Cn1c(=O)n(C2CCC(=O)NC2=O)c2ccc(C3CCN(CC4CCCCO4)CC3)cc21. The third kappa shape index (κ3) is 4.98. The Labute approximate surface area is 201 Å². The number of aromatic nitrogens is 2. The van der Waals surface area contributed by atoms with Gasteiger partial charge < -0.3 is 9.64 Å². The number of aryl methyl sites for hydroxylation is 1. The number of ether oxygens (including phenoxy) is 1. The highest BCUT2D eigenvalue weighted by molar-refractivity contribution is 6.00. The summed E-state index contributed by atoms with van der Waals surface area (Å²) in [6.07, 6.45) is 6.83. The second-order valence-electron chi connectivity index (χ2n) is 9.49. The van der Waals surface area contributed by atoms with Gasteiger partial charge in [-0.25, -0.2) is 4.79 Å². The zero-order chi connectivity index (χ0) is 24.2. The number of hydrogen-bond acceptors (Lipinski definition) is 5. The summed E-state index contributed by atoms with van der Waals surface area (Å²) in [5.74, 6) is -0.200. The lowest BCUT2D eigenvalue weighted by Gasteiger charge is -2.35. The minimum absolute atomic E-state index is 0.214. The maximum absolute atomic E-state index is 13.0. The van der Waals surface area contributed by atoms with Crippen LogP contribution >= 0.6 is 0 Å². The lowest BCUT2D eigenvalue weighted by Crippen LogP contribution is -2.44. The van der Waals surface area contributed by atoms with Gasteiger partial charge in [0.2, 0.25) is 11.8 Å². The zero-order valence-electron chi connectivity index (χ0n) is 20.7. The highest BCUT2D eigenvalue weighted by Crippen LogP contribution is 2.31. The van der Waals surface area contributed by atoms with Gasteiger partial charge in [0.1, 0.15) is 6.04 Å². The summed E-state index contributed by atoms with van der Waals surface area (Å²) in [5, 5.41) is 2.36. The van der Waals surface area contributed by atoms with Crippen molar-refractivity contribution in [2.45, 2.75) is 76.9 Å². The zero-order valence-corrected chi connectivity index (χ0v) is 20.7. The summed E-state index contributed by atoms with van der Waals surface area (Å²) in [7, 11) is 1.75. The number of nitrogens with zero attached hydrogens (tertiary/aromatic N) is 3. The normalized spacial score (nSPS) is 24.6. The molecular formula is C26H38N4O4. The van der Waals surface area contributed by atoms with Crippen LogP contribution < -0.4 is 11.0 Å². The quantitative estimate of drug-likeness (QED) is 0.694. The number of nitrogens with one attached hydrogen (secondary N) is 1. The molecule has 1 aromatic carbocycles. The molecule has 3 saturated heterocycles. The van der Waals surface area contributed by atoms with Gasteiger partial charge in [-0.2, -0.15) is 0 Å². The predicted molar refractivity (Wildman–Crippen MR) is 132 cm³/mol. The number of benzene rings is 1. The number of imidazole rings is 1. The first-order chi connectivity index (χ1) is 16.5. The van der Waals surface area contributed by atoms with Gasteiger partial charge in [-0.3, -0.25) is 24.0 Å². The predicted octanol–water partition coefficient (Wildman–Crippen LogP) is 3.09. The fourth-order valence-electron chi connectivity index (χ4n) is 5.55. The van der Waals surface area contributed by atoms with Crippen LogP contribution in [0, 0.1) is 0 Å². The molecule has 0 saturated carbocycles. The summed E-state index contributed by atoms with van der Waals surface area (Å²) in [6.45, 7) is 8.07. The van der Waals surface area contributed by atoms with E-state index in [9.17, 15) is 14.4 Å². The van der Waals surface area contributed by atoms with Crippen molar-refractivity contribution in [3.8, 4) is 0 Å². The number of likely N-dealkylation sites (tertiary alicyclic amines) is 1. The molecule has 0 bridgehead atoms. The van der Waals surface area contributed by atoms with E-state index in [0.29, 0.717) is 18.4 Å².